The highest BCUT2D eigenvalue weighted by atomic mass is 19.1. The van der Waals surface area contributed by atoms with E-state index in [9.17, 15) is 9.18 Å². The van der Waals surface area contributed by atoms with E-state index in [2.05, 4.69) is 25.2 Å². The topological polar surface area (TPSA) is 70.7 Å². The Morgan fingerprint density at radius 1 is 1.18 bits per heavy atom. The Kier molecular flexibility index (Phi) is 5.04. The standard InChI is InChI=1S/C23H25F2N7O/c1-13-9-32-10-14(7-18(25)22(32)26-13)27-23(33)20-17(24)8-19(16-12-30(4)28-21(16)20)31-6-5-15(11-31)29(2)3/h7-10,12,15H,5-6,11H2,1-4H3,(H,27,33). The van der Waals surface area contributed by atoms with Crippen LogP contribution in [0.5, 0.6) is 0 Å². The lowest BCUT2D eigenvalue weighted by Gasteiger charge is -2.23. The number of carbonyl (C=O) groups is 1. The third-order valence-electron chi connectivity index (χ3n) is 6.19. The van der Waals surface area contributed by atoms with Crippen LogP contribution in [-0.4, -0.2) is 63.2 Å². The molecule has 172 valence electrons. The summed E-state index contributed by atoms with van der Waals surface area (Å²) in [5, 5.41) is 7.70. The normalized spacial score (nSPS) is 16.5. The smallest absolute Gasteiger partial charge is 0.260 e. The summed E-state index contributed by atoms with van der Waals surface area (Å²) in [7, 11) is 5.81. The van der Waals surface area contributed by atoms with E-state index in [0.717, 1.165) is 25.2 Å². The second kappa shape index (κ2) is 7.80. The van der Waals surface area contributed by atoms with Crippen molar-refractivity contribution in [3.8, 4) is 0 Å². The Bertz CT molecular complexity index is 1390. The number of carbonyl (C=O) groups excluding carboxylic acids is 1. The number of benzene rings is 1. The SMILES string of the molecule is Cc1cn2cc(NC(=O)c3c(F)cc(N4CCC(N(C)C)C4)c4cn(C)nc34)cc(F)c2n1. The van der Waals surface area contributed by atoms with Gasteiger partial charge in [-0.1, -0.05) is 0 Å². The summed E-state index contributed by atoms with van der Waals surface area (Å²) < 4.78 is 32.8. The number of halogens is 2. The van der Waals surface area contributed by atoms with Gasteiger partial charge >= 0.3 is 0 Å². The minimum atomic E-state index is -0.689. The molecule has 1 aliphatic heterocycles. The number of hydrogen-bond acceptors (Lipinski definition) is 5. The van der Waals surface area contributed by atoms with Crippen LogP contribution in [-0.2, 0) is 7.05 Å². The van der Waals surface area contributed by atoms with Crippen LogP contribution >= 0.6 is 0 Å². The van der Waals surface area contributed by atoms with Gasteiger partial charge in [-0.2, -0.15) is 5.10 Å². The van der Waals surface area contributed by atoms with E-state index < -0.39 is 17.5 Å². The fourth-order valence-electron chi connectivity index (χ4n) is 4.54. The van der Waals surface area contributed by atoms with Crippen molar-refractivity contribution in [3.63, 3.8) is 0 Å². The minimum absolute atomic E-state index is 0.162. The molecule has 0 radical (unpaired) electrons. The number of aromatic nitrogens is 4. The third-order valence-corrected chi connectivity index (χ3v) is 6.19. The molecule has 0 aliphatic carbocycles. The summed E-state index contributed by atoms with van der Waals surface area (Å²) in [6.07, 6.45) is 5.96. The molecule has 1 N–H and O–H groups in total. The second-order valence-corrected chi connectivity index (χ2v) is 8.81. The van der Waals surface area contributed by atoms with Gasteiger partial charge in [0.2, 0.25) is 0 Å². The Morgan fingerprint density at radius 3 is 2.70 bits per heavy atom. The van der Waals surface area contributed by atoms with Crippen molar-refractivity contribution >= 4 is 33.8 Å². The van der Waals surface area contributed by atoms with Crippen molar-refractivity contribution in [1.29, 1.82) is 0 Å². The maximum atomic E-state index is 15.4. The monoisotopic (exact) mass is 453 g/mol. The molecule has 0 saturated carbocycles. The number of imidazole rings is 1. The fraction of sp³-hybridized carbons (Fsp3) is 0.348. The number of nitrogens with zero attached hydrogens (tertiary/aromatic N) is 6. The number of nitrogens with one attached hydrogen (secondary N) is 1. The molecule has 1 fully saturated rings. The van der Waals surface area contributed by atoms with E-state index in [4.69, 9.17) is 0 Å². The Morgan fingerprint density at radius 2 is 1.97 bits per heavy atom. The lowest BCUT2D eigenvalue weighted by atomic mass is 10.1. The summed E-state index contributed by atoms with van der Waals surface area (Å²) in [6.45, 7) is 3.31. The molecule has 3 aromatic heterocycles. The lowest BCUT2D eigenvalue weighted by Crippen LogP contribution is -2.31. The molecule has 1 aliphatic rings. The van der Waals surface area contributed by atoms with Gasteiger partial charge in [-0.25, -0.2) is 13.8 Å². The molecule has 1 amide bonds. The van der Waals surface area contributed by atoms with Crippen LogP contribution in [0.3, 0.4) is 0 Å². The number of fused-ring (bicyclic) bond motifs is 2. The molecule has 1 atom stereocenters. The van der Waals surface area contributed by atoms with Crippen LogP contribution in [0.25, 0.3) is 16.6 Å². The van der Waals surface area contributed by atoms with Gasteiger partial charge in [-0.3, -0.25) is 9.48 Å². The van der Waals surface area contributed by atoms with Gasteiger partial charge in [0.05, 0.1) is 17.1 Å². The zero-order chi connectivity index (χ0) is 23.4. The first-order valence-corrected chi connectivity index (χ1v) is 10.7. The van der Waals surface area contributed by atoms with E-state index in [1.807, 2.05) is 14.1 Å². The van der Waals surface area contributed by atoms with Crippen molar-refractivity contribution in [2.45, 2.75) is 19.4 Å². The number of likely N-dealkylation sites (N-methyl/N-ethyl adjacent to an activating group) is 1. The summed E-state index contributed by atoms with van der Waals surface area (Å²) in [5.74, 6) is -1.93. The number of pyridine rings is 1. The van der Waals surface area contributed by atoms with Crippen molar-refractivity contribution in [2.24, 2.45) is 7.05 Å². The van der Waals surface area contributed by atoms with Gasteiger partial charge in [0, 0.05) is 56.2 Å². The minimum Gasteiger partial charge on any atom is -0.369 e. The highest BCUT2D eigenvalue weighted by molar-refractivity contribution is 6.14. The molecule has 10 heteroatoms. The Hall–Kier alpha value is -3.53. The Balaban J connectivity index is 1.52. The van der Waals surface area contributed by atoms with Crippen molar-refractivity contribution in [1.82, 2.24) is 24.1 Å². The molecule has 1 aromatic carbocycles. The highest BCUT2D eigenvalue weighted by Crippen LogP contribution is 2.34. The van der Waals surface area contributed by atoms with Gasteiger partial charge < -0.3 is 19.5 Å². The van der Waals surface area contributed by atoms with Crippen LogP contribution in [0.15, 0.2) is 30.7 Å². The number of anilines is 2. The number of hydrogen-bond donors (Lipinski definition) is 1. The second-order valence-electron chi connectivity index (χ2n) is 8.81. The molecule has 33 heavy (non-hydrogen) atoms. The first-order chi connectivity index (χ1) is 15.7. The molecular weight excluding hydrogens is 428 g/mol. The molecule has 0 bridgehead atoms. The van der Waals surface area contributed by atoms with Gasteiger partial charge in [0.1, 0.15) is 16.9 Å². The van der Waals surface area contributed by atoms with Gasteiger partial charge in [-0.05, 0) is 33.5 Å². The lowest BCUT2D eigenvalue weighted by molar-refractivity contribution is 0.102. The van der Waals surface area contributed by atoms with Crippen molar-refractivity contribution < 1.29 is 13.6 Å². The van der Waals surface area contributed by atoms with E-state index in [1.165, 1.54) is 16.5 Å². The van der Waals surface area contributed by atoms with E-state index >= 15 is 4.39 Å². The predicted octanol–water partition coefficient (Wildman–Crippen LogP) is 3.20. The molecule has 1 unspecified atom stereocenters. The summed E-state index contributed by atoms with van der Waals surface area (Å²) >= 11 is 0. The molecule has 5 rings (SSSR count). The molecule has 1 saturated heterocycles. The van der Waals surface area contributed by atoms with E-state index in [1.54, 1.807) is 37.2 Å². The Labute approximate surface area is 189 Å². The first kappa shape index (κ1) is 21.3. The molecule has 0 spiro atoms. The van der Waals surface area contributed by atoms with Crippen LogP contribution in [0.1, 0.15) is 22.5 Å². The fourth-order valence-corrected chi connectivity index (χ4v) is 4.54. The molecular formula is C23H25F2N7O. The van der Waals surface area contributed by atoms with Crippen LogP contribution in [0, 0.1) is 18.6 Å². The average Bonchev–Trinajstić information content (AvgIpc) is 3.44. The van der Waals surface area contributed by atoms with Gasteiger partial charge in [0.15, 0.2) is 11.5 Å². The van der Waals surface area contributed by atoms with Crippen LogP contribution < -0.4 is 10.2 Å². The first-order valence-electron chi connectivity index (χ1n) is 10.7. The quantitative estimate of drug-likeness (QED) is 0.514. The van der Waals surface area contributed by atoms with Crippen LogP contribution in [0.2, 0.25) is 0 Å². The number of rotatable bonds is 4. The molecule has 8 nitrogen and oxygen atoms in total. The maximum Gasteiger partial charge on any atom is 0.260 e. The number of amides is 1. The van der Waals surface area contributed by atoms with Gasteiger partial charge in [-0.15, -0.1) is 0 Å². The van der Waals surface area contributed by atoms with E-state index in [-0.39, 0.29) is 22.4 Å². The summed E-state index contributed by atoms with van der Waals surface area (Å²) in [5.41, 5.74) is 1.84. The zero-order valence-electron chi connectivity index (χ0n) is 18.9. The highest BCUT2D eigenvalue weighted by Gasteiger charge is 2.29. The van der Waals surface area contributed by atoms with Gasteiger partial charge in [0.25, 0.3) is 5.91 Å². The van der Waals surface area contributed by atoms with E-state index in [0.29, 0.717) is 17.1 Å². The molecule has 4 aromatic rings. The largest absolute Gasteiger partial charge is 0.369 e. The zero-order valence-corrected chi connectivity index (χ0v) is 18.9. The summed E-state index contributed by atoms with van der Waals surface area (Å²) in [6, 6.07) is 2.95. The summed E-state index contributed by atoms with van der Waals surface area (Å²) in [4.78, 5) is 21.5. The van der Waals surface area contributed by atoms with Crippen molar-refractivity contribution in [2.75, 3.05) is 37.4 Å². The maximum absolute atomic E-state index is 15.4. The number of aryl methyl sites for hydroxylation is 2. The molecule has 4 heterocycles. The third kappa shape index (κ3) is 3.70. The predicted molar refractivity (Wildman–Crippen MR) is 123 cm³/mol. The average molecular weight is 453 g/mol. The van der Waals surface area contributed by atoms with Crippen molar-refractivity contribution in [3.05, 3.63) is 53.6 Å². The van der Waals surface area contributed by atoms with Crippen LogP contribution in [0.4, 0.5) is 20.2 Å².